The van der Waals surface area contributed by atoms with Crippen molar-refractivity contribution in [2.75, 3.05) is 11.6 Å². The lowest BCUT2D eigenvalue weighted by Crippen LogP contribution is -2.26. The molecule has 2 rings (SSSR count). The van der Waals surface area contributed by atoms with E-state index >= 15 is 0 Å². The molecule has 2 unspecified atom stereocenters. The number of hydrogen-bond acceptors (Lipinski definition) is 4. The first-order chi connectivity index (χ1) is 8.61. The summed E-state index contributed by atoms with van der Waals surface area (Å²) < 4.78 is 0. The highest BCUT2D eigenvalue weighted by molar-refractivity contribution is 7.99. The van der Waals surface area contributed by atoms with Crippen LogP contribution < -0.4 is 5.32 Å². The van der Waals surface area contributed by atoms with Crippen LogP contribution in [0.2, 0.25) is 5.02 Å². The lowest BCUT2D eigenvalue weighted by Gasteiger charge is -2.19. The number of nitrogens with one attached hydrogen (secondary N) is 1. The van der Waals surface area contributed by atoms with Crippen LogP contribution in [-0.2, 0) is 0 Å². The molecule has 1 fully saturated rings. The number of nitrogens with zero attached hydrogens (tertiary/aromatic N) is 1. The van der Waals surface area contributed by atoms with Crippen LogP contribution in [0.5, 0.6) is 0 Å². The maximum atomic E-state index is 11.0. The standard InChI is InChI=1S/C12H15ClN2O2S/c1-18-10-4-2-3-9(10)15-11-5-7(12(16)17)8(13)6-14-11/h5-6,9-10H,2-4H2,1H3,(H,14,15)(H,16,17). The van der Waals surface area contributed by atoms with Gasteiger partial charge >= 0.3 is 5.97 Å². The molecule has 4 nitrogen and oxygen atoms in total. The molecule has 1 saturated carbocycles. The van der Waals surface area contributed by atoms with E-state index in [1.807, 2.05) is 11.8 Å². The average Bonchev–Trinajstić information content (AvgIpc) is 2.78. The Morgan fingerprint density at radius 2 is 2.39 bits per heavy atom. The topological polar surface area (TPSA) is 62.2 Å². The first-order valence-corrected chi connectivity index (χ1v) is 7.46. The molecular formula is C12H15ClN2O2S. The number of thioether (sulfide) groups is 1. The first kappa shape index (κ1) is 13.5. The Labute approximate surface area is 115 Å². The zero-order chi connectivity index (χ0) is 13.1. The number of aromatic carboxylic acids is 1. The van der Waals surface area contributed by atoms with Crippen molar-refractivity contribution >= 4 is 35.1 Å². The lowest BCUT2D eigenvalue weighted by molar-refractivity contribution is 0.0697. The number of carboxylic acid groups (broad SMARTS) is 1. The summed E-state index contributed by atoms with van der Waals surface area (Å²) in [6, 6.07) is 1.86. The predicted octanol–water partition coefficient (Wildman–Crippen LogP) is 3.13. The number of carbonyl (C=O) groups is 1. The molecule has 1 heterocycles. The largest absolute Gasteiger partial charge is 0.478 e. The summed E-state index contributed by atoms with van der Waals surface area (Å²) >= 11 is 7.63. The van der Waals surface area contributed by atoms with Crippen molar-refractivity contribution in [3.05, 3.63) is 22.8 Å². The van der Waals surface area contributed by atoms with Crippen molar-refractivity contribution in [1.82, 2.24) is 4.98 Å². The van der Waals surface area contributed by atoms with Gasteiger partial charge in [0, 0.05) is 17.5 Å². The summed E-state index contributed by atoms with van der Waals surface area (Å²) in [4.78, 5) is 15.1. The molecule has 0 spiro atoms. The van der Waals surface area contributed by atoms with Crippen molar-refractivity contribution in [3.63, 3.8) is 0 Å². The minimum atomic E-state index is -1.03. The number of anilines is 1. The van der Waals surface area contributed by atoms with Crippen LogP contribution in [0.25, 0.3) is 0 Å². The van der Waals surface area contributed by atoms with E-state index in [0.717, 1.165) is 6.42 Å². The van der Waals surface area contributed by atoms with E-state index in [0.29, 0.717) is 17.1 Å². The van der Waals surface area contributed by atoms with E-state index in [-0.39, 0.29) is 10.6 Å². The van der Waals surface area contributed by atoms with Crippen LogP contribution in [0.4, 0.5) is 5.82 Å². The Kier molecular flexibility index (Phi) is 4.35. The highest BCUT2D eigenvalue weighted by atomic mass is 35.5. The SMILES string of the molecule is CSC1CCCC1Nc1cc(C(=O)O)c(Cl)cn1. The van der Waals surface area contributed by atoms with Crippen LogP contribution >= 0.6 is 23.4 Å². The Hall–Kier alpha value is -0.940. The van der Waals surface area contributed by atoms with Crippen molar-refractivity contribution < 1.29 is 9.90 Å². The zero-order valence-electron chi connectivity index (χ0n) is 10.0. The third-order valence-corrected chi connectivity index (χ3v) is 4.65. The summed E-state index contributed by atoms with van der Waals surface area (Å²) in [6.45, 7) is 0. The molecule has 0 radical (unpaired) electrons. The average molecular weight is 287 g/mol. The van der Waals surface area contributed by atoms with Crippen LogP contribution in [-0.4, -0.2) is 33.6 Å². The van der Waals surface area contributed by atoms with Gasteiger partial charge in [-0.1, -0.05) is 18.0 Å². The van der Waals surface area contributed by atoms with Crippen molar-refractivity contribution in [3.8, 4) is 0 Å². The zero-order valence-corrected chi connectivity index (χ0v) is 11.6. The van der Waals surface area contributed by atoms with Gasteiger partial charge in [0.15, 0.2) is 0 Å². The van der Waals surface area contributed by atoms with Gasteiger partial charge in [-0.05, 0) is 25.2 Å². The third kappa shape index (κ3) is 2.90. The molecule has 1 aromatic rings. The monoisotopic (exact) mass is 286 g/mol. The molecule has 0 saturated heterocycles. The third-order valence-electron chi connectivity index (χ3n) is 3.17. The van der Waals surface area contributed by atoms with Gasteiger partial charge in [-0.25, -0.2) is 9.78 Å². The van der Waals surface area contributed by atoms with Gasteiger partial charge in [0.05, 0.1) is 10.6 Å². The minimum absolute atomic E-state index is 0.0906. The second-order valence-electron chi connectivity index (χ2n) is 4.31. The number of hydrogen-bond donors (Lipinski definition) is 2. The normalized spacial score (nSPS) is 23.0. The molecular weight excluding hydrogens is 272 g/mol. The number of carboxylic acids is 1. The van der Waals surface area contributed by atoms with E-state index in [2.05, 4.69) is 16.6 Å². The van der Waals surface area contributed by atoms with Crippen molar-refractivity contribution in [2.24, 2.45) is 0 Å². The summed E-state index contributed by atoms with van der Waals surface area (Å²) in [7, 11) is 0. The fraction of sp³-hybridized carbons (Fsp3) is 0.500. The Morgan fingerprint density at radius 3 is 3.06 bits per heavy atom. The molecule has 2 N–H and O–H groups in total. The first-order valence-electron chi connectivity index (χ1n) is 5.80. The molecule has 18 heavy (non-hydrogen) atoms. The molecule has 2 atom stereocenters. The quantitative estimate of drug-likeness (QED) is 0.890. The second-order valence-corrected chi connectivity index (χ2v) is 5.79. The Balaban J connectivity index is 2.14. The highest BCUT2D eigenvalue weighted by Gasteiger charge is 2.26. The maximum Gasteiger partial charge on any atom is 0.337 e. The molecule has 0 bridgehead atoms. The van der Waals surface area contributed by atoms with Gasteiger partial charge in [-0.3, -0.25) is 0 Å². The van der Waals surface area contributed by atoms with E-state index in [9.17, 15) is 4.79 Å². The Morgan fingerprint density at radius 1 is 1.61 bits per heavy atom. The Bertz CT molecular complexity index is 456. The fourth-order valence-corrected chi connectivity index (χ4v) is 3.36. The van der Waals surface area contributed by atoms with Crippen LogP contribution in [0, 0.1) is 0 Å². The summed E-state index contributed by atoms with van der Waals surface area (Å²) in [5, 5.41) is 13.0. The molecule has 1 aliphatic rings. The maximum absolute atomic E-state index is 11.0. The lowest BCUT2D eigenvalue weighted by atomic mass is 10.2. The van der Waals surface area contributed by atoms with Gasteiger partial charge in [0.25, 0.3) is 0 Å². The highest BCUT2D eigenvalue weighted by Crippen LogP contribution is 2.30. The van der Waals surface area contributed by atoms with Crippen LogP contribution in [0.15, 0.2) is 12.3 Å². The van der Waals surface area contributed by atoms with Crippen LogP contribution in [0.3, 0.4) is 0 Å². The van der Waals surface area contributed by atoms with Gasteiger partial charge in [-0.15, -0.1) is 0 Å². The fourth-order valence-electron chi connectivity index (χ4n) is 2.24. The van der Waals surface area contributed by atoms with Gasteiger partial charge in [-0.2, -0.15) is 11.8 Å². The smallest absolute Gasteiger partial charge is 0.337 e. The molecule has 98 valence electrons. The number of halogens is 1. The number of rotatable bonds is 4. The molecule has 1 aromatic heterocycles. The minimum Gasteiger partial charge on any atom is -0.478 e. The molecule has 1 aliphatic carbocycles. The number of pyridine rings is 1. The summed E-state index contributed by atoms with van der Waals surface area (Å²) in [6.07, 6.45) is 6.97. The summed E-state index contributed by atoms with van der Waals surface area (Å²) in [5.41, 5.74) is 0.0906. The van der Waals surface area contributed by atoms with Crippen molar-refractivity contribution in [1.29, 1.82) is 0 Å². The second kappa shape index (κ2) is 5.80. The molecule has 0 amide bonds. The molecule has 0 aromatic carbocycles. The molecule has 6 heteroatoms. The van der Waals surface area contributed by atoms with Crippen molar-refractivity contribution in [2.45, 2.75) is 30.6 Å². The van der Waals surface area contributed by atoms with Gasteiger partial charge < -0.3 is 10.4 Å². The van der Waals surface area contributed by atoms with E-state index in [1.165, 1.54) is 25.1 Å². The predicted molar refractivity (Wildman–Crippen MR) is 74.8 cm³/mol. The summed E-state index contributed by atoms with van der Waals surface area (Å²) in [5.74, 6) is -0.443. The van der Waals surface area contributed by atoms with E-state index in [1.54, 1.807) is 0 Å². The van der Waals surface area contributed by atoms with Gasteiger partial charge in [0.1, 0.15) is 5.82 Å². The number of aromatic nitrogens is 1. The van der Waals surface area contributed by atoms with E-state index in [4.69, 9.17) is 16.7 Å². The van der Waals surface area contributed by atoms with Gasteiger partial charge in [0.2, 0.25) is 0 Å². The molecule has 0 aliphatic heterocycles. The van der Waals surface area contributed by atoms with E-state index < -0.39 is 5.97 Å². The van der Waals surface area contributed by atoms with Crippen LogP contribution in [0.1, 0.15) is 29.6 Å².